The molecule has 1 aromatic carbocycles. The average Bonchev–Trinajstić information content (AvgIpc) is 2.74. The Morgan fingerprint density at radius 2 is 1.89 bits per heavy atom. The SMILES string of the molecule is Cc1ncc(-c2ccc(C(=O)NS(C)(=O)=O)cc2)s1. The molecule has 2 aromatic rings. The minimum absolute atomic E-state index is 0.301. The molecule has 1 aromatic heterocycles. The highest BCUT2D eigenvalue weighted by atomic mass is 32.2. The Bertz CT molecular complexity index is 703. The normalized spacial score (nSPS) is 11.3. The van der Waals surface area contributed by atoms with E-state index >= 15 is 0 Å². The Balaban J connectivity index is 2.21. The van der Waals surface area contributed by atoms with E-state index in [0.29, 0.717) is 5.56 Å². The van der Waals surface area contributed by atoms with Gasteiger partial charge in [0, 0.05) is 11.8 Å². The van der Waals surface area contributed by atoms with Gasteiger partial charge in [0.25, 0.3) is 5.91 Å². The Morgan fingerprint density at radius 3 is 2.37 bits per heavy atom. The summed E-state index contributed by atoms with van der Waals surface area (Å²) in [7, 11) is -3.54. The Kier molecular flexibility index (Phi) is 3.68. The molecule has 0 saturated carbocycles. The molecular formula is C12H12N2O3S2. The van der Waals surface area contributed by atoms with Crippen molar-refractivity contribution in [3.8, 4) is 10.4 Å². The zero-order valence-corrected chi connectivity index (χ0v) is 12.0. The molecule has 2 rings (SSSR count). The summed E-state index contributed by atoms with van der Waals surface area (Å²) in [6.07, 6.45) is 2.71. The number of aryl methyl sites for hydroxylation is 1. The Hall–Kier alpha value is -1.73. The second-order valence-corrected chi connectivity index (χ2v) is 7.01. The van der Waals surface area contributed by atoms with E-state index in [-0.39, 0.29) is 0 Å². The van der Waals surface area contributed by atoms with Crippen molar-refractivity contribution >= 4 is 27.3 Å². The number of carbonyl (C=O) groups is 1. The Morgan fingerprint density at radius 1 is 1.26 bits per heavy atom. The van der Waals surface area contributed by atoms with Gasteiger partial charge in [-0.15, -0.1) is 11.3 Å². The summed E-state index contributed by atoms with van der Waals surface area (Å²) < 4.78 is 23.9. The van der Waals surface area contributed by atoms with Crippen molar-refractivity contribution in [2.75, 3.05) is 6.26 Å². The number of benzene rings is 1. The first-order valence-corrected chi connectivity index (χ1v) is 8.11. The van der Waals surface area contributed by atoms with Gasteiger partial charge in [0.2, 0.25) is 10.0 Å². The molecule has 0 aliphatic heterocycles. The number of hydrogen-bond donors (Lipinski definition) is 1. The van der Waals surface area contributed by atoms with Gasteiger partial charge in [-0.3, -0.25) is 4.79 Å². The fourth-order valence-electron chi connectivity index (χ4n) is 1.51. The summed E-state index contributed by atoms with van der Waals surface area (Å²) >= 11 is 1.56. The molecule has 5 nitrogen and oxygen atoms in total. The van der Waals surface area contributed by atoms with E-state index < -0.39 is 15.9 Å². The lowest BCUT2D eigenvalue weighted by Crippen LogP contribution is -2.29. The summed E-state index contributed by atoms with van der Waals surface area (Å²) in [6, 6.07) is 6.71. The molecule has 0 spiro atoms. The first-order valence-electron chi connectivity index (χ1n) is 5.40. The summed E-state index contributed by atoms with van der Waals surface area (Å²) in [5, 5.41) is 0.967. The molecule has 0 unspecified atom stereocenters. The van der Waals surface area contributed by atoms with Crippen LogP contribution in [0.2, 0.25) is 0 Å². The van der Waals surface area contributed by atoms with E-state index in [1.54, 1.807) is 41.8 Å². The van der Waals surface area contributed by atoms with Gasteiger partial charge in [0.05, 0.1) is 16.1 Å². The van der Waals surface area contributed by atoms with E-state index in [9.17, 15) is 13.2 Å². The number of amides is 1. The molecule has 100 valence electrons. The zero-order valence-electron chi connectivity index (χ0n) is 10.4. The number of hydrogen-bond acceptors (Lipinski definition) is 5. The fraction of sp³-hybridized carbons (Fsp3) is 0.167. The van der Waals surface area contributed by atoms with Gasteiger partial charge >= 0.3 is 0 Å². The van der Waals surface area contributed by atoms with Crippen molar-refractivity contribution in [1.29, 1.82) is 0 Å². The van der Waals surface area contributed by atoms with Crippen molar-refractivity contribution in [1.82, 2.24) is 9.71 Å². The van der Waals surface area contributed by atoms with Crippen LogP contribution in [-0.2, 0) is 10.0 Å². The summed E-state index contributed by atoms with van der Waals surface area (Å²) in [5.74, 6) is -0.630. The monoisotopic (exact) mass is 296 g/mol. The number of thiazole rings is 1. The van der Waals surface area contributed by atoms with Gasteiger partial charge in [0.15, 0.2) is 0 Å². The maximum Gasteiger partial charge on any atom is 0.264 e. The number of aromatic nitrogens is 1. The predicted molar refractivity (Wildman–Crippen MR) is 74.6 cm³/mol. The van der Waals surface area contributed by atoms with E-state index in [0.717, 1.165) is 21.7 Å². The van der Waals surface area contributed by atoms with Crippen LogP contribution in [0.1, 0.15) is 15.4 Å². The van der Waals surface area contributed by atoms with Crippen molar-refractivity contribution < 1.29 is 13.2 Å². The number of nitrogens with zero attached hydrogens (tertiary/aromatic N) is 1. The van der Waals surface area contributed by atoms with Gasteiger partial charge < -0.3 is 0 Å². The van der Waals surface area contributed by atoms with Crippen LogP contribution in [0.4, 0.5) is 0 Å². The molecule has 19 heavy (non-hydrogen) atoms. The van der Waals surface area contributed by atoms with Crippen LogP contribution in [-0.4, -0.2) is 25.6 Å². The highest BCUT2D eigenvalue weighted by Crippen LogP contribution is 2.25. The highest BCUT2D eigenvalue weighted by molar-refractivity contribution is 7.89. The van der Waals surface area contributed by atoms with Crippen LogP contribution < -0.4 is 4.72 Å². The van der Waals surface area contributed by atoms with E-state index in [2.05, 4.69) is 4.98 Å². The molecule has 0 atom stereocenters. The number of sulfonamides is 1. The van der Waals surface area contributed by atoms with Crippen molar-refractivity contribution in [3.05, 3.63) is 41.0 Å². The zero-order chi connectivity index (χ0) is 14.0. The van der Waals surface area contributed by atoms with Crippen molar-refractivity contribution in [3.63, 3.8) is 0 Å². The maximum absolute atomic E-state index is 11.6. The summed E-state index contributed by atoms with van der Waals surface area (Å²) in [6.45, 7) is 1.92. The molecule has 0 bridgehead atoms. The van der Waals surface area contributed by atoms with Crippen LogP contribution in [0.15, 0.2) is 30.5 Å². The molecule has 1 amide bonds. The van der Waals surface area contributed by atoms with Crippen molar-refractivity contribution in [2.24, 2.45) is 0 Å². The topological polar surface area (TPSA) is 76.1 Å². The van der Waals surface area contributed by atoms with Gasteiger partial charge in [0.1, 0.15) is 0 Å². The molecule has 0 fully saturated rings. The molecule has 1 heterocycles. The maximum atomic E-state index is 11.6. The number of rotatable bonds is 3. The quantitative estimate of drug-likeness (QED) is 0.937. The lowest BCUT2D eigenvalue weighted by atomic mass is 10.1. The second kappa shape index (κ2) is 5.10. The largest absolute Gasteiger partial charge is 0.268 e. The molecule has 0 aliphatic rings. The first kappa shape index (κ1) is 13.7. The average molecular weight is 296 g/mol. The van der Waals surface area contributed by atoms with Gasteiger partial charge in [-0.25, -0.2) is 18.1 Å². The van der Waals surface area contributed by atoms with Crippen molar-refractivity contribution in [2.45, 2.75) is 6.92 Å². The fourth-order valence-corrected chi connectivity index (χ4v) is 2.75. The smallest absolute Gasteiger partial charge is 0.264 e. The van der Waals surface area contributed by atoms with E-state index in [1.807, 2.05) is 11.6 Å². The Labute approximate surface area is 115 Å². The highest BCUT2D eigenvalue weighted by Gasteiger charge is 2.11. The van der Waals surface area contributed by atoms with Gasteiger partial charge in [-0.05, 0) is 24.6 Å². The number of carbonyl (C=O) groups excluding carboxylic acids is 1. The van der Waals surface area contributed by atoms with Gasteiger partial charge in [-0.2, -0.15) is 0 Å². The van der Waals surface area contributed by atoms with Gasteiger partial charge in [-0.1, -0.05) is 12.1 Å². The lowest BCUT2D eigenvalue weighted by molar-refractivity contribution is 0.0981. The first-order chi connectivity index (χ1) is 8.85. The molecule has 0 saturated heterocycles. The van der Waals surface area contributed by atoms with Crippen LogP contribution in [0.25, 0.3) is 10.4 Å². The summed E-state index contributed by atoms with van der Waals surface area (Å²) in [5.41, 5.74) is 1.25. The molecule has 0 aliphatic carbocycles. The van der Waals surface area contributed by atoms with Crippen LogP contribution in [0, 0.1) is 6.92 Å². The third kappa shape index (κ3) is 3.62. The summed E-state index contributed by atoms with van der Waals surface area (Å²) in [4.78, 5) is 16.8. The van der Waals surface area contributed by atoms with E-state index in [1.165, 1.54) is 0 Å². The van der Waals surface area contributed by atoms with Crippen LogP contribution >= 0.6 is 11.3 Å². The van der Waals surface area contributed by atoms with Crippen LogP contribution in [0.3, 0.4) is 0 Å². The van der Waals surface area contributed by atoms with Crippen LogP contribution in [0.5, 0.6) is 0 Å². The third-order valence-electron chi connectivity index (χ3n) is 2.33. The standard InChI is InChI=1S/C12H12N2O3S2/c1-8-13-7-11(18-8)9-3-5-10(6-4-9)12(15)14-19(2,16)17/h3-7H,1-2H3,(H,14,15). The molecule has 1 N–H and O–H groups in total. The molecular weight excluding hydrogens is 284 g/mol. The lowest BCUT2D eigenvalue weighted by Gasteiger charge is -2.03. The molecule has 0 radical (unpaired) electrons. The minimum Gasteiger partial charge on any atom is -0.268 e. The predicted octanol–water partition coefficient (Wildman–Crippen LogP) is 1.81. The number of nitrogens with one attached hydrogen (secondary N) is 1. The molecule has 7 heteroatoms. The van der Waals surface area contributed by atoms with E-state index in [4.69, 9.17) is 0 Å². The third-order valence-corrected chi connectivity index (χ3v) is 3.85. The minimum atomic E-state index is -3.54. The second-order valence-electron chi connectivity index (χ2n) is 4.02.